The number of aryl methyl sites for hydroxylation is 2. The molecule has 178 valence electrons. The molecule has 2 heterocycles. The van der Waals surface area contributed by atoms with E-state index in [4.69, 9.17) is 14.6 Å². The average molecular weight is 468 g/mol. The predicted octanol–water partition coefficient (Wildman–Crippen LogP) is 5.43. The molecule has 1 amide bonds. The Bertz CT molecular complexity index is 1330. The Kier molecular flexibility index (Phi) is 6.53. The van der Waals surface area contributed by atoms with Crippen molar-refractivity contribution in [3.05, 3.63) is 95.7 Å². The number of aromatic nitrogens is 2. The third-order valence-corrected chi connectivity index (χ3v) is 6.29. The maximum atomic E-state index is 13.5. The van der Waals surface area contributed by atoms with Crippen LogP contribution in [0.15, 0.2) is 78.9 Å². The molecule has 0 saturated carbocycles. The molecule has 0 atom stereocenters. The summed E-state index contributed by atoms with van der Waals surface area (Å²) >= 11 is 0. The third-order valence-electron chi connectivity index (χ3n) is 6.29. The summed E-state index contributed by atoms with van der Waals surface area (Å²) in [6.45, 7) is 3.92. The zero-order valence-corrected chi connectivity index (χ0v) is 20.1. The van der Waals surface area contributed by atoms with Crippen LogP contribution in [0.5, 0.6) is 11.5 Å². The van der Waals surface area contributed by atoms with E-state index in [9.17, 15) is 4.79 Å². The largest absolute Gasteiger partial charge is 0.497 e. The summed E-state index contributed by atoms with van der Waals surface area (Å²) in [5.74, 6) is 2.42. The predicted molar refractivity (Wildman–Crippen MR) is 137 cm³/mol. The minimum atomic E-state index is 0.0445. The Hall–Kier alpha value is -4.06. The molecule has 4 aromatic rings. The van der Waals surface area contributed by atoms with Gasteiger partial charge in [0, 0.05) is 18.7 Å². The fourth-order valence-electron chi connectivity index (χ4n) is 4.63. The summed E-state index contributed by atoms with van der Waals surface area (Å²) in [7, 11) is 1.64. The summed E-state index contributed by atoms with van der Waals surface area (Å²) in [6, 6.07) is 25.8. The van der Waals surface area contributed by atoms with Gasteiger partial charge in [0.15, 0.2) is 0 Å². The van der Waals surface area contributed by atoms with Crippen LogP contribution in [0, 0.1) is 6.92 Å². The fourth-order valence-corrected chi connectivity index (χ4v) is 4.63. The smallest absolute Gasteiger partial charge is 0.232 e. The van der Waals surface area contributed by atoms with Crippen LogP contribution in [0.1, 0.15) is 23.2 Å². The molecule has 5 rings (SSSR count). The number of carbonyl (C=O) groups is 1. The number of hydrogen-bond acceptors (Lipinski definition) is 4. The molecule has 3 aromatic carbocycles. The Morgan fingerprint density at radius 1 is 0.943 bits per heavy atom. The number of ether oxygens (including phenoxy) is 2. The molecule has 0 unspecified atom stereocenters. The van der Waals surface area contributed by atoms with Crippen LogP contribution in [-0.4, -0.2) is 29.3 Å². The van der Waals surface area contributed by atoms with E-state index in [1.807, 2.05) is 83.2 Å². The van der Waals surface area contributed by atoms with Crippen molar-refractivity contribution in [3.8, 4) is 22.6 Å². The molecule has 0 saturated heterocycles. The van der Waals surface area contributed by atoms with E-state index in [1.54, 1.807) is 7.11 Å². The SMILES string of the molecule is COc1cccc(CC(=O)N2CCCn3nc(C)c(-c4ccccc4OCc4ccccc4)c32)c1. The first-order valence-electron chi connectivity index (χ1n) is 11.9. The zero-order chi connectivity index (χ0) is 24.2. The van der Waals surface area contributed by atoms with Crippen molar-refractivity contribution in [2.75, 3.05) is 18.6 Å². The quantitative estimate of drug-likeness (QED) is 0.364. The van der Waals surface area contributed by atoms with Crippen molar-refractivity contribution >= 4 is 11.7 Å². The van der Waals surface area contributed by atoms with Crippen molar-refractivity contribution in [1.82, 2.24) is 9.78 Å². The van der Waals surface area contributed by atoms with Crippen LogP contribution >= 0.6 is 0 Å². The van der Waals surface area contributed by atoms with Crippen molar-refractivity contribution in [2.45, 2.75) is 32.9 Å². The van der Waals surface area contributed by atoms with Gasteiger partial charge in [-0.3, -0.25) is 9.69 Å². The lowest BCUT2D eigenvalue weighted by Crippen LogP contribution is -2.38. The van der Waals surface area contributed by atoms with Crippen molar-refractivity contribution < 1.29 is 14.3 Å². The number of anilines is 1. The summed E-state index contributed by atoms with van der Waals surface area (Å²) in [4.78, 5) is 15.4. The van der Waals surface area contributed by atoms with Crippen LogP contribution in [0.3, 0.4) is 0 Å². The Balaban J connectivity index is 1.48. The monoisotopic (exact) mass is 467 g/mol. The van der Waals surface area contributed by atoms with Gasteiger partial charge in [0.1, 0.15) is 23.9 Å². The Morgan fingerprint density at radius 2 is 1.71 bits per heavy atom. The van der Waals surface area contributed by atoms with E-state index in [0.717, 1.165) is 58.2 Å². The highest BCUT2D eigenvalue weighted by molar-refractivity contribution is 5.99. The lowest BCUT2D eigenvalue weighted by molar-refractivity contribution is -0.118. The molecular formula is C29H29N3O3. The molecule has 0 fully saturated rings. The minimum Gasteiger partial charge on any atom is -0.497 e. The molecule has 1 aliphatic heterocycles. The molecule has 0 bridgehead atoms. The number of carbonyl (C=O) groups excluding carboxylic acids is 1. The highest BCUT2D eigenvalue weighted by Crippen LogP contribution is 2.41. The minimum absolute atomic E-state index is 0.0445. The first-order chi connectivity index (χ1) is 17.1. The molecule has 0 N–H and O–H groups in total. The van der Waals surface area contributed by atoms with Gasteiger partial charge in [-0.25, -0.2) is 4.68 Å². The van der Waals surface area contributed by atoms with Crippen molar-refractivity contribution in [2.24, 2.45) is 0 Å². The van der Waals surface area contributed by atoms with E-state index in [0.29, 0.717) is 19.6 Å². The summed E-state index contributed by atoms with van der Waals surface area (Å²) in [6.07, 6.45) is 1.16. The fraction of sp³-hybridized carbons (Fsp3) is 0.241. The van der Waals surface area contributed by atoms with Gasteiger partial charge in [0.2, 0.25) is 5.91 Å². The summed E-state index contributed by atoms with van der Waals surface area (Å²) in [5, 5.41) is 4.80. The van der Waals surface area contributed by atoms with E-state index in [2.05, 4.69) is 12.1 Å². The van der Waals surface area contributed by atoms with Gasteiger partial charge in [-0.2, -0.15) is 5.10 Å². The van der Waals surface area contributed by atoms with Gasteiger partial charge in [0.25, 0.3) is 0 Å². The number of para-hydroxylation sites is 1. The standard InChI is InChI=1S/C29H29N3O3/c1-21-28(25-14-6-7-15-26(25)35-20-22-10-4-3-5-11-22)29-31(16-9-17-32(29)30-21)27(33)19-23-12-8-13-24(18-23)34-2/h3-8,10-15,18H,9,16-17,19-20H2,1-2H3. The summed E-state index contributed by atoms with van der Waals surface area (Å²) < 4.78 is 13.6. The van der Waals surface area contributed by atoms with Crippen LogP contribution in [0.2, 0.25) is 0 Å². The van der Waals surface area contributed by atoms with E-state index < -0.39 is 0 Å². The van der Waals surface area contributed by atoms with Gasteiger partial charge < -0.3 is 9.47 Å². The Labute approximate surface area is 205 Å². The molecule has 1 aromatic heterocycles. The van der Waals surface area contributed by atoms with Gasteiger partial charge in [-0.1, -0.05) is 60.7 Å². The average Bonchev–Trinajstić information content (AvgIpc) is 3.24. The number of benzene rings is 3. The van der Waals surface area contributed by atoms with Gasteiger partial charge >= 0.3 is 0 Å². The van der Waals surface area contributed by atoms with Crippen molar-refractivity contribution in [1.29, 1.82) is 0 Å². The zero-order valence-electron chi connectivity index (χ0n) is 20.1. The number of amides is 1. The van der Waals surface area contributed by atoms with Gasteiger partial charge in [0.05, 0.1) is 24.8 Å². The lowest BCUT2D eigenvalue weighted by atomic mass is 10.0. The number of methoxy groups -OCH3 is 1. The van der Waals surface area contributed by atoms with Crippen molar-refractivity contribution in [3.63, 3.8) is 0 Å². The third kappa shape index (κ3) is 4.78. The van der Waals surface area contributed by atoms with Crippen LogP contribution < -0.4 is 14.4 Å². The number of fused-ring (bicyclic) bond motifs is 1. The Morgan fingerprint density at radius 3 is 2.54 bits per heavy atom. The van der Waals surface area contributed by atoms with Crippen LogP contribution in [0.25, 0.3) is 11.1 Å². The molecule has 0 aliphatic carbocycles. The molecule has 6 nitrogen and oxygen atoms in total. The highest BCUT2D eigenvalue weighted by atomic mass is 16.5. The first-order valence-corrected chi connectivity index (χ1v) is 11.9. The summed E-state index contributed by atoms with van der Waals surface area (Å²) in [5.41, 5.74) is 4.81. The highest BCUT2D eigenvalue weighted by Gasteiger charge is 2.30. The number of nitrogens with zero attached hydrogens (tertiary/aromatic N) is 3. The first kappa shape index (κ1) is 22.7. The molecule has 35 heavy (non-hydrogen) atoms. The number of hydrogen-bond donors (Lipinski definition) is 0. The molecule has 0 spiro atoms. The van der Waals surface area contributed by atoms with E-state index >= 15 is 0 Å². The topological polar surface area (TPSA) is 56.6 Å². The second-order valence-electron chi connectivity index (χ2n) is 8.70. The maximum Gasteiger partial charge on any atom is 0.232 e. The van der Waals surface area contributed by atoms with Gasteiger partial charge in [-0.05, 0) is 42.7 Å². The van der Waals surface area contributed by atoms with Crippen LogP contribution in [0.4, 0.5) is 5.82 Å². The van der Waals surface area contributed by atoms with E-state index in [-0.39, 0.29) is 5.91 Å². The number of rotatable bonds is 7. The molecular weight excluding hydrogens is 438 g/mol. The maximum absolute atomic E-state index is 13.5. The molecule has 6 heteroatoms. The molecule has 0 radical (unpaired) electrons. The van der Waals surface area contributed by atoms with Gasteiger partial charge in [-0.15, -0.1) is 0 Å². The lowest BCUT2D eigenvalue weighted by Gasteiger charge is -2.29. The normalized spacial score (nSPS) is 12.8. The second-order valence-corrected chi connectivity index (χ2v) is 8.70. The molecule has 1 aliphatic rings. The second kappa shape index (κ2) is 10.1. The van der Waals surface area contributed by atoms with Crippen LogP contribution in [-0.2, 0) is 24.4 Å². The van der Waals surface area contributed by atoms with E-state index in [1.165, 1.54) is 0 Å².